The van der Waals surface area contributed by atoms with E-state index < -0.39 is 0 Å². The molecule has 1 amide bonds. The van der Waals surface area contributed by atoms with Gasteiger partial charge in [-0.1, -0.05) is 18.2 Å². The van der Waals surface area contributed by atoms with E-state index in [0.29, 0.717) is 5.69 Å². The number of carbonyl (C=O) groups excluding carboxylic acids is 1. The molecular formula is C8H8NO2. The van der Waals surface area contributed by atoms with Gasteiger partial charge in [-0.25, -0.2) is 0 Å². The van der Waals surface area contributed by atoms with Crippen molar-refractivity contribution in [3.63, 3.8) is 0 Å². The lowest BCUT2D eigenvalue weighted by Crippen LogP contribution is -2.21. The van der Waals surface area contributed by atoms with Gasteiger partial charge < -0.3 is 5.11 Å². The third-order valence-electron chi connectivity index (χ3n) is 1.32. The fourth-order valence-corrected chi connectivity index (χ4v) is 0.771. The van der Waals surface area contributed by atoms with E-state index in [-0.39, 0.29) is 6.73 Å². The molecule has 1 radical (unpaired) electrons. The molecule has 0 atom stereocenters. The fraction of sp³-hybridized carbons (Fsp3) is 0.125. The Bertz CT molecular complexity index is 223. The Morgan fingerprint density at radius 1 is 1.36 bits per heavy atom. The Labute approximate surface area is 64.9 Å². The molecular weight excluding hydrogens is 142 g/mol. The first kappa shape index (κ1) is 7.75. The molecule has 3 heteroatoms. The summed E-state index contributed by atoms with van der Waals surface area (Å²) in [5.41, 5.74) is 0.644. The first-order chi connectivity index (χ1) is 5.38. The van der Waals surface area contributed by atoms with E-state index in [0.717, 1.165) is 4.90 Å². The van der Waals surface area contributed by atoms with Gasteiger partial charge in [0, 0.05) is 5.69 Å². The summed E-state index contributed by atoms with van der Waals surface area (Å²) in [6, 6.07) is 8.86. The lowest BCUT2D eigenvalue weighted by molar-refractivity contribution is 0.305. The topological polar surface area (TPSA) is 40.5 Å². The zero-order valence-electron chi connectivity index (χ0n) is 5.90. The quantitative estimate of drug-likeness (QED) is 0.503. The number of amides is 1. The van der Waals surface area contributed by atoms with Crippen LogP contribution < -0.4 is 4.90 Å². The van der Waals surface area contributed by atoms with Gasteiger partial charge in [0.2, 0.25) is 0 Å². The molecule has 1 rings (SSSR count). The first-order valence-corrected chi connectivity index (χ1v) is 3.19. The SMILES string of the molecule is O=[C]N(CO)c1ccccc1. The van der Waals surface area contributed by atoms with Crippen molar-refractivity contribution in [2.45, 2.75) is 0 Å². The van der Waals surface area contributed by atoms with Crippen molar-refractivity contribution < 1.29 is 9.90 Å². The summed E-state index contributed by atoms with van der Waals surface area (Å²) in [4.78, 5) is 11.3. The van der Waals surface area contributed by atoms with Crippen LogP contribution >= 0.6 is 0 Å². The van der Waals surface area contributed by atoms with E-state index in [4.69, 9.17) is 5.11 Å². The summed E-state index contributed by atoms with van der Waals surface area (Å²) in [6.07, 6.45) is 1.60. The number of aliphatic hydroxyl groups excluding tert-OH is 1. The average Bonchev–Trinajstić information content (AvgIpc) is 2.09. The van der Waals surface area contributed by atoms with Gasteiger partial charge in [0.25, 0.3) is 0 Å². The minimum Gasteiger partial charge on any atom is -0.376 e. The van der Waals surface area contributed by atoms with Crippen LogP contribution in [0.4, 0.5) is 5.69 Å². The smallest absolute Gasteiger partial charge is 0.318 e. The van der Waals surface area contributed by atoms with Gasteiger partial charge in [0.05, 0.1) is 0 Å². The Balaban J connectivity index is 2.82. The van der Waals surface area contributed by atoms with Gasteiger partial charge in [-0.05, 0) is 12.1 Å². The van der Waals surface area contributed by atoms with Crippen molar-refractivity contribution in [1.82, 2.24) is 0 Å². The standard InChI is InChI=1S/C8H8NO2/c10-6-9(7-11)8-4-2-1-3-5-8/h1-5,10H,6H2. The minimum atomic E-state index is -0.340. The van der Waals surface area contributed by atoms with Crippen LogP contribution in [0.2, 0.25) is 0 Å². The molecule has 11 heavy (non-hydrogen) atoms. The number of aliphatic hydroxyl groups is 1. The summed E-state index contributed by atoms with van der Waals surface area (Å²) in [5.74, 6) is 0. The highest BCUT2D eigenvalue weighted by Crippen LogP contribution is 2.09. The van der Waals surface area contributed by atoms with Crippen molar-refractivity contribution in [1.29, 1.82) is 0 Å². The van der Waals surface area contributed by atoms with Gasteiger partial charge in [0.1, 0.15) is 6.73 Å². The summed E-state index contributed by atoms with van der Waals surface area (Å²) in [6.45, 7) is -0.340. The largest absolute Gasteiger partial charge is 0.376 e. The van der Waals surface area contributed by atoms with Crippen LogP contribution in [-0.2, 0) is 4.79 Å². The van der Waals surface area contributed by atoms with Crippen LogP contribution in [0.5, 0.6) is 0 Å². The van der Waals surface area contributed by atoms with E-state index in [1.165, 1.54) is 0 Å². The van der Waals surface area contributed by atoms with Crippen LogP contribution in [0.3, 0.4) is 0 Å². The highest BCUT2D eigenvalue weighted by molar-refractivity contribution is 5.74. The number of rotatable bonds is 3. The molecule has 0 heterocycles. The molecule has 57 valence electrons. The number of hydrogen-bond acceptors (Lipinski definition) is 2. The molecule has 0 unspecified atom stereocenters. The molecule has 1 aromatic rings. The van der Waals surface area contributed by atoms with Crippen molar-refractivity contribution in [2.24, 2.45) is 0 Å². The van der Waals surface area contributed by atoms with Crippen LogP contribution in [0.1, 0.15) is 0 Å². The van der Waals surface area contributed by atoms with Gasteiger partial charge in [-0.3, -0.25) is 9.69 Å². The highest BCUT2D eigenvalue weighted by atomic mass is 16.3. The maximum atomic E-state index is 10.2. The van der Waals surface area contributed by atoms with Crippen molar-refractivity contribution in [3.05, 3.63) is 30.3 Å². The second-order valence-electron chi connectivity index (χ2n) is 2.00. The maximum absolute atomic E-state index is 10.2. The number of nitrogens with zero attached hydrogens (tertiary/aromatic N) is 1. The first-order valence-electron chi connectivity index (χ1n) is 3.19. The fourth-order valence-electron chi connectivity index (χ4n) is 0.771. The van der Waals surface area contributed by atoms with Crippen molar-refractivity contribution >= 4 is 12.1 Å². The van der Waals surface area contributed by atoms with Crippen LogP contribution in [0.25, 0.3) is 0 Å². The van der Waals surface area contributed by atoms with Crippen LogP contribution in [0, 0.1) is 0 Å². The molecule has 0 aliphatic rings. The third kappa shape index (κ3) is 1.78. The molecule has 0 aliphatic carbocycles. The van der Waals surface area contributed by atoms with E-state index in [9.17, 15) is 4.79 Å². The van der Waals surface area contributed by atoms with Gasteiger partial charge in [-0.2, -0.15) is 0 Å². The Hall–Kier alpha value is -1.35. The van der Waals surface area contributed by atoms with Gasteiger partial charge in [0.15, 0.2) is 0 Å². The van der Waals surface area contributed by atoms with Crippen molar-refractivity contribution in [2.75, 3.05) is 11.6 Å². The average molecular weight is 150 g/mol. The Kier molecular flexibility index (Phi) is 2.63. The minimum absolute atomic E-state index is 0.340. The predicted octanol–water partition coefficient (Wildman–Crippen LogP) is 0.510. The zero-order chi connectivity index (χ0) is 8.10. The summed E-state index contributed by atoms with van der Waals surface area (Å²) in [5, 5.41) is 8.64. The lowest BCUT2D eigenvalue weighted by atomic mass is 10.3. The molecule has 0 fully saturated rings. The molecule has 1 aromatic carbocycles. The maximum Gasteiger partial charge on any atom is 0.318 e. The van der Waals surface area contributed by atoms with E-state index >= 15 is 0 Å². The summed E-state index contributed by atoms with van der Waals surface area (Å²) >= 11 is 0. The number of hydrogen-bond donors (Lipinski definition) is 1. The molecule has 0 bridgehead atoms. The Morgan fingerprint density at radius 2 is 2.00 bits per heavy atom. The number of anilines is 1. The predicted molar refractivity (Wildman–Crippen MR) is 41.7 cm³/mol. The Morgan fingerprint density at radius 3 is 2.45 bits per heavy atom. The second kappa shape index (κ2) is 3.73. The van der Waals surface area contributed by atoms with Crippen LogP contribution in [-0.4, -0.2) is 18.2 Å². The van der Waals surface area contributed by atoms with E-state index in [1.54, 1.807) is 30.7 Å². The molecule has 0 saturated carbocycles. The molecule has 1 N–H and O–H groups in total. The molecule has 0 saturated heterocycles. The number of para-hydroxylation sites is 1. The highest BCUT2D eigenvalue weighted by Gasteiger charge is 2.00. The molecule has 0 aliphatic heterocycles. The van der Waals surface area contributed by atoms with E-state index in [2.05, 4.69) is 0 Å². The second-order valence-corrected chi connectivity index (χ2v) is 2.00. The van der Waals surface area contributed by atoms with Crippen LogP contribution in [0.15, 0.2) is 30.3 Å². The van der Waals surface area contributed by atoms with Gasteiger partial charge in [-0.15, -0.1) is 0 Å². The normalized spacial score (nSPS) is 9.18. The lowest BCUT2D eigenvalue weighted by Gasteiger charge is -2.11. The molecule has 3 nitrogen and oxygen atoms in total. The number of benzene rings is 1. The summed E-state index contributed by atoms with van der Waals surface area (Å²) < 4.78 is 0. The van der Waals surface area contributed by atoms with E-state index in [1.807, 2.05) is 6.07 Å². The monoisotopic (exact) mass is 150 g/mol. The zero-order valence-corrected chi connectivity index (χ0v) is 5.90. The van der Waals surface area contributed by atoms with Gasteiger partial charge >= 0.3 is 6.41 Å². The molecule has 0 aromatic heterocycles. The van der Waals surface area contributed by atoms with Crippen molar-refractivity contribution in [3.8, 4) is 0 Å². The summed E-state index contributed by atoms with van der Waals surface area (Å²) in [7, 11) is 0. The third-order valence-corrected chi connectivity index (χ3v) is 1.32. The molecule has 0 spiro atoms.